The Morgan fingerprint density at radius 3 is 2.14 bits per heavy atom. The van der Waals surface area contributed by atoms with Crippen LogP contribution in [0, 0.1) is 17.2 Å². The van der Waals surface area contributed by atoms with Crippen LogP contribution < -0.4 is 0 Å². The average molecular weight is 431 g/mol. The lowest BCUT2D eigenvalue weighted by molar-refractivity contribution is 0.156. The number of benzene rings is 2. The van der Waals surface area contributed by atoms with Gasteiger partial charge in [0.15, 0.2) is 0 Å². The molecule has 0 heterocycles. The van der Waals surface area contributed by atoms with Crippen molar-refractivity contribution in [3.63, 3.8) is 0 Å². The number of rotatable bonds is 9. The van der Waals surface area contributed by atoms with Gasteiger partial charge in [0.2, 0.25) is 0 Å². The summed E-state index contributed by atoms with van der Waals surface area (Å²) in [6.45, 7) is 11.9. The summed E-state index contributed by atoms with van der Waals surface area (Å²) in [5.41, 5.74) is 1.70. The van der Waals surface area contributed by atoms with Crippen molar-refractivity contribution < 1.29 is 0 Å². The summed E-state index contributed by atoms with van der Waals surface area (Å²) in [4.78, 5) is 2.51. The molecule has 2 aromatic rings. The van der Waals surface area contributed by atoms with E-state index < -0.39 is 5.41 Å². The summed E-state index contributed by atoms with van der Waals surface area (Å²) in [6, 6.07) is 19.6. The molecule has 2 rings (SSSR count). The van der Waals surface area contributed by atoms with E-state index in [0.29, 0.717) is 22.1 Å². The zero-order valence-corrected chi connectivity index (χ0v) is 19.6. The molecule has 0 aliphatic carbocycles. The van der Waals surface area contributed by atoms with Crippen LogP contribution in [0.25, 0.3) is 0 Å². The Hall–Kier alpha value is -1.53. The van der Waals surface area contributed by atoms with E-state index in [1.54, 1.807) is 6.07 Å². The molecule has 2 aromatic carbocycles. The Morgan fingerprint density at radius 2 is 1.62 bits per heavy atom. The fourth-order valence-electron chi connectivity index (χ4n) is 4.15. The van der Waals surface area contributed by atoms with E-state index in [2.05, 4.69) is 75.9 Å². The van der Waals surface area contributed by atoms with Crippen LogP contribution in [-0.2, 0) is 5.41 Å². The van der Waals surface area contributed by atoms with Gasteiger partial charge in [-0.1, -0.05) is 73.4 Å². The summed E-state index contributed by atoms with van der Waals surface area (Å²) in [5, 5.41) is 11.2. The molecular weight excluding hydrogens is 399 g/mol. The van der Waals surface area contributed by atoms with Crippen LogP contribution in [0.5, 0.6) is 0 Å². The van der Waals surface area contributed by atoms with Gasteiger partial charge in [0.1, 0.15) is 0 Å². The van der Waals surface area contributed by atoms with Crippen molar-refractivity contribution in [1.29, 1.82) is 5.26 Å². The normalized spacial score (nSPS) is 14.8. The summed E-state index contributed by atoms with van der Waals surface area (Å²) >= 11 is 12.4. The lowest BCUT2D eigenvalue weighted by Crippen LogP contribution is -2.36. The van der Waals surface area contributed by atoms with Crippen LogP contribution in [0.1, 0.15) is 64.6 Å². The maximum atomic E-state index is 10.2. The fourth-order valence-corrected chi connectivity index (χ4v) is 4.45. The average Bonchev–Trinajstić information content (AvgIpc) is 2.70. The fraction of sp³-hybridized carbons (Fsp3) is 0.480. The van der Waals surface area contributed by atoms with Crippen molar-refractivity contribution in [3.05, 3.63) is 69.7 Å². The van der Waals surface area contributed by atoms with Gasteiger partial charge in [-0.05, 0) is 69.3 Å². The van der Waals surface area contributed by atoms with E-state index in [9.17, 15) is 5.26 Å². The molecule has 0 saturated carbocycles. The minimum absolute atomic E-state index is 0.170. The van der Waals surface area contributed by atoms with Gasteiger partial charge in [0.05, 0.1) is 21.5 Å². The van der Waals surface area contributed by atoms with Crippen LogP contribution >= 0.6 is 23.2 Å². The predicted octanol–water partition coefficient (Wildman–Crippen LogP) is 7.66. The Labute approximate surface area is 186 Å². The molecule has 156 valence electrons. The van der Waals surface area contributed by atoms with Gasteiger partial charge in [0.25, 0.3) is 0 Å². The Kier molecular flexibility index (Phi) is 8.58. The first-order valence-corrected chi connectivity index (χ1v) is 11.2. The molecule has 0 N–H and O–H groups in total. The third-order valence-corrected chi connectivity index (χ3v) is 6.79. The van der Waals surface area contributed by atoms with E-state index in [4.69, 9.17) is 23.2 Å². The lowest BCUT2D eigenvalue weighted by Gasteiger charge is -2.36. The maximum absolute atomic E-state index is 10.2. The topological polar surface area (TPSA) is 27.0 Å². The molecule has 0 saturated heterocycles. The van der Waals surface area contributed by atoms with Gasteiger partial charge < -0.3 is 0 Å². The zero-order valence-electron chi connectivity index (χ0n) is 18.1. The molecule has 4 heteroatoms. The van der Waals surface area contributed by atoms with E-state index in [0.717, 1.165) is 24.9 Å². The second kappa shape index (κ2) is 10.5. The third-order valence-electron chi connectivity index (χ3n) is 6.05. The molecule has 29 heavy (non-hydrogen) atoms. The van der Waals surface area contributed by atoms with E-state index in [-0.39, 0.29) is 5.92 Å². The molecule has 2 unspecified atom stereocenters. The van der Waals surface area contributed by atoms with Gasteiger partial charge in [-0.3, -0.25) is 4.90 Å². The minimum Gasteiger partial charge on any atom is -0.294 e. The van der Waals surface area contributed by atoms with E-state index in [1.807, 2.05) is 12.1 Å². The van der Waals surface area contributed by atoms with Gasteiger partial charge >= 0.3 is 0 Å². The highest BCUT2D eigenvalue weighted by Gasteiger charge is 2.36. The minimum atomic E-state index is -0.577. The van der Waals surface area contributed by atoms with Gasteiger partial charge in [-0.25, -0.2) is 0 Å². The van der Waals surface area contributed by atoms with Crippen molar-refractivity contribution in [1.82, 2.24) is 4.90 Å². The second-order valence-electron chi connectivity index (χ2n) is 8.39. The molecule has 0 fully saturated rings. The summed E-state index contributed by atoms with van der Waals surface area (Å²) in [6.07, 6.45) is 1.71. The van der Waals surface area contributed by atoms with Crippen molar-refractivity contribution in [2.24, 2.45) is 5.92 Å². The van der Waals surface area contributed by atoms with Crippen LogP contribution in [0.15, 0.2) is 48.5 Å². The zero-order chi connectivity index (χ0) is 21.6. The van der Waals surface area contributed by atoms with Gasteiger partial charge in [-0.2, -0.15) is 5.26 Å². The highest BCUT2D eigenvalue weighted by molar-refractivity contribution is 6.42. The first kappa shape index (κ1) is 23.7. The lowest BCUT2D eigenvalue weighted by atomic mass is 9.70. The third kappa shape index (κ3) is 5.54. The first-order valence-electron chi connectivity index (χ1n) is 10.4. The van der Waals surface area contributed by atoms with Crippen LogP contribution in [0.4, 0.5) is 0 Å². The van der Waals surface area contributed by atoms with Crippen LogP contribution in [0.3, 0.4) is 0 Å². The molecule has 0 aliphatic heterocycles. The van der Waals surface area contributed by atoms with Crippen molar-refractivity contribution in [2.75, 3.05) is 6.54 Å². The van der Waals surface area contributed by atoms with E-state index in [1.165, 1.54) is 5.56 Å². The number of nitrogens with zero attached hydrogens (tertiary/aromatic N) is 2. The monoisotopic (exact) mass is 430 g/mol. The number of hydrogen-bond donors (Lipinski definition) is 0. The molecule has 0 amide bonds. The summed E-state index contributed by atoms with van der Waals surface area (Å²) in [5.74, 6) is 0.170. The molecule has 0 aliphatic rings. The maximum Gasteiger partial charge on any atom is 0.0846 e. The van der Waals surface area contributed by atoms with Crippen molar-refractivity contribution in [2.45, 2.75) is 65.0 Å². The summed E-state index contributed by atoms with van der Waals surface area (Å²) in [7, 11) is 0. The van der Waals surface area contributed by atoms with Gasteiger partial charge in [-0.15, -0.1) is 0 Å². The molecule has 2 atom stereocenters. The Morgan fingerprint density at radius 1 is 0.966 bits per heavy atom. The number of nitriles is 1. The molecule has 0 spiro atoms. The number of halogens is 2. The standard InChI is InChI=1S/C25H32Cl2N2/c1-18(2)25(17-28,22-12-13-23(26)24(27)16-22)14-9-15-29(19(3)4)20(5)21-10-7-6-8-11-21/h6-8,10-13,16,18-20H,9,14-15H2,1-5H3. The number of hydrogen-bond acceptors (Lipinski definition) is 2. The second-order valence-corrected chi connectivity index (χ2v) is 9.20. The van der Waals surface area contributed by atoms with Crippen molar-refractivity contribution in [3.8, 4) is 6.07 Å². The van der Waals surface area contributed by atoms with Crippen LogP contribution in [0.2, 0.25) is 10.0 Å². The quantitative estimate of drug-likeness (QED) is 0.407. The molecular formula is C25H32Cl2N2. The molecule has 0 aromatic heterocycles. The molecule has 2 nitrogen and oxygen atoms in total. The summed E-state index contributed by atoms with van der Waals surface area (Å²) < 4.78 is 0. The highest BCUT2D eigenvalue weighted by Crippen LogP contribution is 2.39. The van der Waals surface area contributed by atoms with E-state index >= 15 is 0 Å². The van der Waals surface area contributed by atoms with Gasteiger partial charge in [0, 0.05) is 12.1 Å². The first-order chi connectivity index (χ1) is 13.7. The Balaban J connectivity index is 2.20. The highest BCUT2D eigenvalue weighted by atomic mass is 35.5. The smallest absolute Gasteiger partial charge is 0.0846 e. The molecule has 0 bridgehead atoms. The van der Waals surface area contributed by atoms with Crippen molar-refractivity contribution >= 4 is 23.2 Å². The Bertz CT molecular complexity index is 826. The SMILES string of the molecule is CC(C)N(CCCC(C#N)(c1ccc(Cl)c(Cl)c1)C(C)C)C(C)c1ccccc1. The largest absolute Gasteiger partial charge is 0.294 e. The molecule has 0 radical (unpaired) electrons. The van der Waals surface area contributed by atoms with Crippen LogP contribution in [-0.4, -0.2) is 17.5 Å². The predicted molar refractivity (Wildman–Crippen MR) is 125 cm³/mol.